The number of aryl methyl sites for hydroxylation is 1. The second kappa shape index (κ2) is 6.23. The number of para-hydroxylation sites is 1. The molecule has 0 bridgehead atoms. The molecule has 1 amide bonds. The van der Waals surface area contributed by atoms with E-state index in [9.17, 15) is 4.79 Å². The summed E-state index contributed by atoms with van der Waals surface area (Å²) < 4.78 is 12.8. The molecule has 0 atom stereocenters. The Hall–Kier alpha value is -3.42. The van der Waals surface area contributed by atoms with Gasteiger partial charge in [0.2, 0.25) is 5.95 Å². The predicted octanol–water partition coefficient (Wildman–Crippen LogP) is 1.99. The van der Waals surface area contributed by atoms with Crippen molar-refractivity contribution in [2.45, 2.75) is 6.92 Å². The van der Waals surface area contributed by atoms with Crippen LogP contribution in [0.5, 0.6) is 11.5 Å². The first kappa shape index (κ1) is 15.1. The third-order valence-electron chi connectivity index (χ3n) is 3.75. The number of fused-ring (bicyclic) bond motifs is 1. The number of benzene rings is 1. The molecule has 0 spiro atoms. The second-order valence-electron chi connectivity index (χ2n) is 5.40. The maximum absolute atomic E-state index is 12.5. The van der Waals surface area contributed by atoms with Crippen molar-refractivity contribution < 1.29 is 14.3 Å². The standard InChI is InChI=1S/C17H15N5O3/c1-11-18-5-6-22(11)17-19-9-12(10-20-17)21-16(23)13-3-2-4-14-15(13)25-8-7-24-14/h2-6,9-10H,7-8H2,1H3,(H,21,23). The minimum absolute atomic E-state index is 0.308. The Morgan fingerprint density at radius 2 is 1.96 bits per heavy atom. The quantitative estimate of drug-likeness (QED) is 0.786. The molecule has 0 aliphatic carbocycles. The summed E-state index contributed by atoms with van der Waals surface area (Å²) in [6, 6.07) is 5.22. The molecule has 1 aliphatic rings. The van der Waals surface area contributed by atoms with Crippen molar-refractivity contribution in [3.8, 4) is 17.4 Å². The number of rotatable bonds is 3. The van der Waals surface area contributed by atoms with E-state index in [0.29, 0.717) is 41.9 Å². The fraction of sp³-hybridized carbons (Fsp3) is 0.176. The van der Waals surface area contributed by atoms with E-state index in [2.05, 4.69) is 20.3 Å². The number of anilines is 1. The van der Waals surface area contributed by atoms with E-state index < -0.39 is 0 Å². The van der Waals surface area contributed by atoms with Gasteiger partial charge in [0, 0.05) is 12.4 Å². The number of aromatic nitrogens is 4. The highest BCUT2D eigenvalue weighted by Gasteiger charge is 2.20. The van der Waals surface area contributed by atoms with Crippen LogP contribution < -0.4 is 14.8 Å². The van der Waals surface area contributed by atoms with Gasteiger partial charge in [-0.15, -0.1) is 0 Å². The van der Waals surface area contributed by atoms with Crippen LogP contribution in [0.2, 0.25) is 0 Å². The number of hydrogen-bond acceptors (Lipinski definition) is 6. The molecule has 126 valence electrons. The average molecular weight is 337 g/mol. The van der Waals surface area contributed by atoms with Gasteiger partial charge in [0.1, 0.15) is 19.0 Å². The first-order valence-electron chi connectivity index (χ1n) is 7.75. The third kappa shape index (κ3) is 2.89. The zero-order valence-electron chi connectivity index (χ0n) is 13.5. The van der Waals surface area contributed by atoms with Gasteiger partial charge in [-0.25, -0.2) is 15.0 Å². The van der Waals surface area contributed by atoms with Crippen molar-refractivity contribution in [1.82, 2.24) is 19.5 Å². The summed E-state index contributed by atoms with van der Waals surface area (Å²) in [5, 5.41) is 2.77. The maximum atomic E-state index is 12.5. The molecular weight excluding hydrogens is 322 g/mol. The summed E-state index contributed by atoms with van der Waals surface area (Å²) in [5.74, 6) is 1.99. The van der Waals surface area contributed by atoms with Crippen LogP contribution >= 0.6 is 0 Å². The van der Waals surface area contributed by atoms with Crippen molar-refractivity contribution >= 4 is 11.6 Å². The zero-order valence-corrected chi connectivity index (χ0v) is 13.5. The number of hydrogen-bond donors (Lipinski definition) is 1. The molecule has 25 heavy (non-hydrogen) atoms. The lowest BCUT2D eigenvalue weighted by Gasteiger charge is -2.20. The molecule has 3 aromatic rings. The molecule has 0 unspecified atom stereocenters. The van der Waals surface area contributed by atoms with Gasteiger partial charge in [0.05, 0.1) is 23.6 Å². The highest BCUT2D eigenvalue weighted by Crippen LogP contribution is 2.33. The summed E-state index contributed by atoms with van der Waals surface area (Å²) in [7, 11) is 0. The molecule has 4 rings (SSSR count). The first-order valence-corrected chi connectivity index (χ1v) is 7.75. The Morgan fingerprint density at radius 3 is 2.72 bits per heavy atom. The Bertz CT molecular complexity index is 920. The summed E-state index contributed by atoms with van der Waals surface area (Å²) >= 11 is 0. The lowest BCUT2D eigenvalue weighted by atomic mass is 10.1. The van der Waals surface area contributed by atoms with E-state index >= 15 is 0 Å². The highest BCUT2D eigenvalue weighted by molar-refractivity contribution is 6.06. The number of carbonyl (C=O) groups is 1. The monoisotopic (exact) mass is 337 g/mol. The van der Waals surface area contributed by atoms with Crippen LogP contribution in [-0.4, -0.2) is 38.6 Å². The summed E-state index contributed by atoms with van der Waals surface area (Å²) in [4.78, 5) is 25.2. The van der Waals surface area contributed by atoms with E-state index in [0.717, 1.165) is 5.82 Å². The van der Waals surface area contributed by atoms with E-state index in [1.165, 1.54) is 0 Å². The molecule has 1 N–H and O–H groups in total. The van der Waals surface area contributed by atoms with Crippen LogP contribution in [-0.2, 0) is 0 Å². The Balaban J connectivity index is 1.55. The zero-order chi connectivity index (χ0) is 17.2. The molecule has 0 saturated heterocycles. The van der Waals surface area contributed by atoms with Gasteiger partial charge < -0.3 is 14.8 Å². The average Bonchev–Trinajstić information content (AvgIpc) is 3.08. The van der Waals surface area contributed by atoms with E-state index in [-0.39, 0.29) is 5.91 Å². The van der Waals surface area contributed by atoms with E-state index in [1.54, 1.807) is 47.6 Å². The molecule has 8 nitrogen and oxygen atoms in total. The van der Waals surface area contributed by atoms with Crippen molar-refractivity contribution in [1.29, 1.82) is 0 Å². The fourth-order valence-corrected chi connectivity index (χ4v) is 2.55. The molecule has 0 fully saturated rings. The minimum atomic E-state index is -0.308. The number of amides is 1. The highest BCUT2D eigenvalue weighted by atomic mass is 16.6. The van der Waals surface area contributed by atoms with Gasteiger partial charge in [0.25, 0.3) is 5.91 Å². The van der Waals surface area contributed by atoms with Gasteiger partial charge in [-0.3, -0.25) is 9.36 Å². The topological polar surface area (TPSA) is 91.2 Å². The van der Waals surface area contributed by atoms with Crippen molar-refractivity contribution in [3.63, 3.8) is 0 Å². The SMILES string of the molecule is Cc1nccn1-c1ncc(NC(=O)c2cccc3c2OCCO3)cn1. The molecule has 3 heterocycles. The molecule has 2 aromatic heterocycles. The van der Waals surface area contributed by atoms with Crippen molar-refractivity contribution in [3.05, 3.63) is 54.4 Å². The normalized spacial score (nSPS) is 12.7. The first-order chi connectivity index (χ1) is 12.2. The summed E-state index contributed by atoms with van der Waals surface area (Å²) in [6.45, 7) is 2.75. The van der Waals surface area contributed by atoms with Crippen LogP contribution in [0.15, 0.2) is 43.0 Å². The summed E-state index contributed by atoms with van der Waals surface area (Å²) in [5.41, 5.74) is 0.896. The number of nitrogens with zero attached hydrogens (tertiary/aromatic N) is 4. The lowest BCUT2D eigenvalue weighted by molar-refractivity contribution is 0.101. The Morgan fingerprint density at radius 1 is 1.16 bits per heavy atom. The van der Waals surface area contributed by atoms with Crippen molar-refractivity contribution in [2.75, 3.05) is 18.5 Å². The molecule has 1 aliphatic heterocycles. The minimum Gasteiger partial charge on any atom is -0.486 e. The molecular formula is C17H15N5O3. The van der Waals surface area contributed by atoms with Crippen LogP contribution in [0.25, 0.3) is 5.95 Å². The molecule has 0 radical (unpaired) electrons. The van der Waals surface area contributed by atoms with Crippen LogP contribution in [0.1, 0.15) is 16.2 Å². The largest absolute Gasteiger partial charge is 0.486 e. The Labute approximate surface area is 143 Å². The second-order valence-corrected chi connectivity index (χ2v) is 5.40. The van der Waals surface area contributed by atoms with Gasteiger partial charge in [0.15, 0.2) is 11.5 Å². The van der Waals surface area contributed by atoms with Crippen molar-refractivity contribution in [2.24, 2.45) is 0 Å². The third-order valence-corrected chi connectivity index (χ3v) is 3.75. The fourth-order valence-electron chi connectivity index (χ4n) is 2.55. The number of imidazole rings is 1. The molecule has 8 heteroatoms. The number of nitrogens with one attached hydrogen (secondary N) is 1. The van der Waals surface area contributed by atoms with E-state index in [1.807, 2.05) is 6.92 Å². The van der Waals surface area contributed by atoms with Gasteiger partial charge in [-0.1, -0.05) is 6.07 Å². The maximum Gasteiger partial charge on any atom is 0.259 e. The van der Waals surface area contributed by atoms with Crippen LogP contribution in [0, 0.1) is 6.92 Å². The lowest BCUT2D eigenvalue weighted by Crippen LogP contribution is -2.20. The van der Waals surface area contributed by atoms with Crippen LogP contribution in [0.3, 0.4) is 0 Å². The van der Waals surface area contributed by atoms with Crippen LogP contribution in [0.4, 0.5) is 5.69 Å². The predicted molar refractivity (Wildman–Crippen MR) is 89.3 cm³/mol. The van der Waals surface area contributed by atoms with E-state index in [4.69, 9.17) is 9.47 Å². The summed E-state index contributed by atoms with van der Waals surface area (Å²) in [6.07, 6.45) is 6.55. The van der Waals surface area contributed by atoms with Gasteiger partial charge in [-0.05, 0) is 19.1 Å². The smallest absolute Gasteiger partial charge is 0.259 e. The van der Waals surface area contributed by atoms with Gasteiger partial charge >= 0.3 is 0 Å². The molecule has 1 aromatic carbocycles. The molecule has 0 saturated carbocycles. The Kier molecular flexibility index (Phi) is 3.77. The number of ether oxygens (including phenoxy) is 2. The number of carbonyl (C=O) groups excluding carboxylic acids is 1. The van der Waals surface area contributed by atoms with Gasteiger partial charge in [-0.2, -0.15) is 0 Å².